The predicted octanol–water partition coefficient (Wildman–Crippen LogP) is 3.09. The van der Waals surface area contributed by atoms with E-state index in [0.29, 0.717) is 28.7 Å². The van der Waals surface area contributed by atoms with Crippen LogP contribution in [0.3, 0.4) is 0 Å². The van der Waals surface area contributed by atoms with Crippen LogP contribution < -0.4 is 16.0 Å². The summed E-state index contributed by atoms with van der Waals surface area (Å²) in [6.45, 7) is 3.59. The molecule has 1 aliphatic heterocycles. The highest BCUT2D eigenvalue weighted by Gasteiger charge is 2.27. The lowest BCUT2D eigenvalue weighted by atomic mass is 9.96. The van der Waals surface area contributed by atoms with E-state index < -0.39 is 0 Å². The third-order valence-electron chi connectivity index (χ3n) is 4.53. The van der Waals surface area contributed by atoms with Gasteiger partial charge in [-0.25, -0.2) is 9.97 Å². The molecular weight excluding hydrogens is 336 g/mol. The molecule has 8 heteroatoms. The number of aromatic nitrogens is 2. The van der Waals surface area contributed by atoms with Gasteiger partial charge in [0.25, 0.3) is 0 Å². The van der Waals surface area contributed by atoms with E-state index in [1.165, 1.54) is 4.88 Å². The average Bonchev–Trinajstić information content (AvgIpc) is 2.93. The monoisotopic (exact) mass is 354 g/mol. The standard InChI is InChI=1S/C17H18N6OS/c1-8-16(24)22-13-14(19-8)20-9(2)21-15(13)23-17-11(7-18)10-5-3-4-6-12(10)25-17/h8H,3-6H2,1-2H3,(H,22,24)(H2,19,20,21,23). The molecular formula is C17H18N6OS. The minimum atomic E-state index is -0.349. The van der Waals surface area contributed by atoms with Crippen LogP contribution in [0, 0.1) is 18.3 Å². The molecule has 3 N–H and O–H groups in total. The number of aryl methyl sites for hydroxylation is 2. The summed E-state index contributed by atoms with van der Waals surface area (Å²) in [5.74, 6) is 1.58. The van der Waals surface area contributed by atoms with Gasteiger partial charge in [0.2, 0.25) is 5.91 Å². The Morgan fingerprint density at radius 1 is 1.32 bits per heavy atom. The Hall–Kier alpha value is -2.66. The summed E-state index contributed by atoms with van der Waals surface area (Å²) in [4.78, 5) is 22.1. The molecule has 0 radical (unpaired) electrons. The fourth-order valence-electron chi connectivity index (χ4n) is 3.27. The van der Waals surface area contributed by atoms with Gasteiger partial charge >= 0.3 is 0 Å². The SMILES string of the molecule is Cc1nc(Nc2sc3c(c2C#N)CCCC3)c2c(n1)NC(C)C(=O)N2. The maximum absolute atomic E-state index is 12.0. The third kappa shape index (κ3) is 2.70. The molecule has 3 heterocycles. The van der Waals surface area contributed by atoms with Crippen molar-refractivity contribution >= 4 is 39.6 Å². The topological polar surface area (TPSA) is 103 Å². The summed E-state index contributed by atoms with van der Waals surface area (Å²) in [7, 11) is 0. The minimum absolute atomic E-state index is 0.131. The van der Waals surface area contributed by atoms with Gasteiger partial charge in [-0.3, -0.25) is 4.79 Å². The molecule has 128 valence electrons. The van der Waals surface area contributed by atoms with Crippen molar-refractivity contribution in [2.45, 2.75) is 45.6 Å². The van der Waals surface area contributed by atoms with Crippen molar-refractivity contribution in [3.05, 3.63) is 21.8 Å². The second-order valence-electron chi connectivity index (χ2n) is 6.35. The van der Waals surface area contributed by atoms with E-state index in [4.69, 9.17) is 0 Å². The highest BCUT2D eigenvalue weighted by Crippen LogP contribution is 2.41. The Bertz CT molecular complexity index is 913. The first-order valence-electron chi connectivity index (χ1n) is 8.34. The zero-order valence-corrected chi connectivity index (χ0v) is 14.9. The number of nitrogens with one attached hydrogen (secondary N) is 3. The fourth-order valence-corrected chi connectivity index (χ4v) is 4.51. The molecule has 2 aliphatic rings. The van der Waals surface area contributed by atoms with Crippen molar-refractivity contribution in [1.29, 1.82) is 5.26 Å². The zero-order valence-electron chi connectivity index (χ0n) is 14.1. The number of hydrogen-bond acceptors (Lipinski definition) is 7. The number of fused-ring (bicyclic) bond motifs is 2. The number of nitriles is 1. The summed E-state index contributed by atoms with van der Waals surface area (Å²) >= 11 is 1.61. The quantitative estimate of drug-likeness (QED) is 0.766. The molecule has 0 fully saturated rings. The van der Waals surface area contributed by atoms with Gasteiger partial charge < -0.3 is 16.0 Å². The van der Waals surface area contributed by atoms with Gasteiger partial charge in [-0.05, 0) is 45.1 Å². The van der Waals surface area contributed by atoms with Crippen LogP contribution in [-0.4, -0.2) is 21.9 Å². The van der Waals surface area contributed by atoms with Gasteiger partial charge in [0.1, 0.15) is 28.6 Å². The van der Waals surface area contributed by atoms with Crippen molar-refractivity contribution in [3.63, 3.8) is 0 Å². The van der Waals surface area contributed by atoms with E-state index in [-0.39, 0.29) is 11.9 Å². The Kier molecular flexibility index (Phi) is 3.81. The normalized spacial score (nSPS) is 18.4. The molecule has 4 rings (SSSR count). The predicted molar refractivity (Wildman–Crippen MR) is 97.4 cm³/mol. The van der Waals surface area contributed by atoms with Crippen LogP contribution in [0.2, 0.25) is 0 Å². The van der Waals surface area contributed by atoms with E-state index in [9.17, 15) is 10.1 Å². The molecule has 1 aliphatic carbocycles. The first-order chi connectivity index (χ1) is 12.1. The van der Waals surface area contributed by atoms with Crippen molar-refractivity contribution in [3.8, 4) is 6.07 Å². The van der Waals surface area contributed by atoms with Crippen molar-refractivity contribution < 1.29 is 4.79 Å². The highest BCUT2D eigenvalue weighted by molar-refractivity contribution is 7.16. The number of carbonyl (C=O) groups is 1. The van der Waals surface area contributed by atoms with Crippen LogP contribution in [0.25, 0.3) is 0 Å². The second-order valence-corrected chi connectivity index (χ2v) is 7.46. The number of thiophene rings is 1. The number of amides is 1. The number of nitrogens with zero attached hydrogens (tertiary/aromatic N) is 3. The van der Waals surface area contributed by atoms with Crippen molar-refractivity contribution in [2.24, 2.45) is 0 Å². The number of rotatable bonds is 2. The van der Waals surface area contributed by atoms with E-state index in [0.717, 1.165) is 36.2 Å². The molecule has 7 nitrogen and oxygen atoms in total. The van der Waals surface area contributed by atoms with E-state index >= 15 is 0 Å². The molecule has 2 aromatic rings. The average molecular weight is 354 g/mol. The third-order valence-corrected chi connectivity index (χ3v) is 5.74. The lowest BCUT2D eigenvalue weighted by molar-refractivity contribution is -0.116. The van der Waals surface area contributed by atoms with Crippen LogP contribution in [-0.2, 0) is 17.6 Å². The van der Waals surface area contributed by atoms with Crippen LogP contribution in [0.15, 0.2) is 0 Å². The molecule has 0 saturated carbocycles. The number of carbonyl (C=O) groups excluding carboxylic acids is 1. The second kappa shape index (κ2) is 6.01. The number of hydrogen-bond donors (Lipinski definition) is 3. The van der Waals surface area contributed by atoms with E-state index in [1.807, 2.05) is 0 Å². The lowest BCUT2D eigenvalue weighted by Crippen LogP contribution is -2.37. The Morgan fingerprint density at radius 2 is 2.12 bits per heavy atom. The first kappa shape index (κ1) is 15.8. The molecule has 0 bridgehead atoms. The van der Waals surface area contributed by atoms with E-state index in [1.54, 1.807) is 25.2 Å². The summed E-state index contributed by atoms with van der Waals surface area (Å²) < 4.78 is 0. The van der Waals surface area contributed by atoms with Crippen molar-refractivity contribution in [1.82, 2.24) is 9.97 Å². The molecule has 2 aromatic heterocycles. The molecule has 0 spiro atoms. The molecule has 0 saturated heterocycles. The summed E-state index contributed by atoms with van der Waals surface area (Å²) in [5.41, 5.74) is 2.40. The first-order valence-corrected chi connectivity index (χ1v) is 9.16. The van der Waals surface area contributed by atoms with Crippen LogP contribution >= 0.6 is 11.3 Å². The zero-order chi connectivity index (χ0) is 17.6. The van der Waals surface area contributed by atoms with Crippen LogP contribution in [0.5, 0.6) is 0 Å². The Morgan fingerprint density at radius 3 is 2.92 bits per heavy atom. The summed E-state index contributed by atoms with van der Waals surface area (Å²) in [5, 5.41) is 19.6. The lowest BCUT2D eigenvalue weighted by Gasteiger charge is -2.25. The van der Waals surface area contributed by atoms with Crippen molar-refractivity contribution in [2.75, 3.05) is 16.0 Å². The molecule has 0 aromatic carbocycles. The van der Waals surface area contributed by atoms with Gasteiger partial charge in [0.15, 0.2) is 11.6 Å². The molecule has 1 unspecified atom stereocenters. The van der Waals surface area contributed by atoms with Crippen LogP contribution in [0.1, 0.15) is 41.6 Å². The fraction of sp³-hybridized carbons (Fsp3) is 0.412. The highest BCUT2D eigenvalue weighted by atomic mass is 32.1. The molecule has 25 heavy (non-hydrogen) atoms. The Labute approximate surface area is 149 Å². The van der Waals surface area contributed by atoms with Gasteiger partial charge in [0.05, 0.1) is 5.56 Å². The largest absolute Gasteiger partial charge is 0.357 e. The van der Waals surface area contributed by atoms with Gasteiger partial charge in [-0.15, -0.1) is 11.3 Å². The van der Waals surface area contributed by atoms with E-state index in [2.05, 4.69) is 32.0 Å². The van der Waals surface area contributed by atoms with Gasteiger partial charge in [-0.2, -0.15) is 5.26 Å². The maximum atomic E-state index is 12.0. The minimum Gasteiger partial charge on any atom is -0.357 e. The van der Waals surface area contributed by atoms with Gasteiger partial charge in [0, 0.05) is 4.88 Å². The summed E-state index contributed by atoms with van der Waals surface area (Å²) in [6, 6.07) is 1.99. The number of anilines is 4. The molecule has 1 atom stereocenters. The molecule has 1 amide bonds. The smallest absolute Gasteiger partial charge is 0.246 e. The van der Waals surface area contributed by atoms with Gasteiger partial charge in [-0.1, -0.05) is 0 Å². The van der Waals surface area contributed by atoms with Crippen LogP contribution in [0.4, 0.5) is 22.3 Å². The maximum Gasteiger partial charge on any atom is 0.246 e. The Balaban J connectivity index is 1.76. The summed E-state index contributed by atoms with van der Waals surface area (Å²) in [6.07, 6.45) is 4.26.